The van der Waals surface area contributed by atoms with Crippen LogP contribution in [0.1, 0.15) is 23.7 Å². The fourth-order valence-electron chi connectivity index (χ4n) is 2.09. The SMILES string of the molecule is CC(CC#N)N(C)C(=O)c1ccc2ccccc2c1O. The number of fused-ring (bicyclic) bond motifs is 1. The molecule has 0 bridgehead atoms. The average Bonchev–Trinajstić information content (AvgIpc) is 2.46. The van der Waals surface area contributed by atoms with Crippen LogP contribution in [0.15, 0.2) is 36.4 Å². The molecule has 0 aliphatic heterocycles. The summed E-state index contributed by atoms with van der Waals surface area (Å²) in [6.45, 7) is 1.80. The van der Waals surface area contributed by atoms with Crippen molar-refractivity contribution in [2.24, 2.45) is 0 Å². The van der Waals surface area contributed by atoms with E-state index in [0.717, 1.165) is 5.39 Å². The molecule has 0 aliphatic rings. The Kier molecular flexibility index (Phi) is 3.90. The van der Waals surface area contributed by atoms with Crippen molar-refractivity contribution in [2.75, 3.05) is 7.05 Å². The monoisotopic (exact) mass is 268 g/mol. The van der Waals surface area contributed by atoms with Gasteiger partial charge in [-0.05, 0) is 18.4 Å². The molecule has 2 aromatic carbocycles. The summed E-state index contributed by atoms with van der Waals surface area (Å²) in [6.07, 6.45) is 0.260. The highest BCUT2D eigenvalue weighted by molar-refractivity contribution is 6.03. The van der Waals surface area contributed by atoms with Crippen LogP contribution in [0, 0.1) is 11.3 Å². The zero-order chi connectivity index (χ0) is 14.7. The Labute approximate surface area is 117 Å². The molecule has 0 saturated carbocycles. The maximum Gasteiger partial charge on any atom is 0.257 e. The van der Waals surface area contributed by atoms with E-state index >= 15 is 0 Å². The second kappa shape index (κ2) is 5.62. The van der Waals surface area contributed by atoms with Crippen LogP contribution in [0.3, 0.4) is 0 Å². The number of phenols is 1. The van der Waals surface area contributed by atoms with Crippen LogP contribution in [0.5, 0.6) is 5.75 Å². The van der Waals surface area contributed by atoms with Crippen LogP contribution in [0.2, 0.25) is 0 Å². The van der Waals surface area contributed by atoms with Crippen molar-refractivity contribution in [3.63, 3.8) is 0 Å². The second-order valence-electron chi connectivity index (χ2n) is 4.81. The Hall–Kier alpha value is -2.54. The molecule has 2 aromatic rings. The zero-order valence-corrected chi connectivity index (χ0v) is 11.5. The molecule has 0 fully saturated rings. The van der Waals surface area contributed by atoms with Crippen molar-refractivity contribution in [3.8, 4) is 11.8 Å². The number of nitriles is 1. The van der Waals surface area contributed by atoms with E-state index in [-0.39, 0.29) is 29.7 Å². The molecule has 0 aromatic heterocycles. The summed E-state index contributed by atoms with van der Waals surface area (Å²) >= 11 is 0. The van der Waals surface area contributed by atoms with Gasteiger partial charge in [0.15, 0.2) is 0 Å². The lowest BCUT2D eigenvalue weighted by Crippen LogP contribution is -2.34. The smallest absolute Gasteiger partial charge is 0.257 e. The number of hydrogen-bond donors (Lipinski definition) is 1. The molecule has 0 aliphatic carbocycles. The molecule has 4 nitrogen and oxygen atoms in total. The number of nitrogens with zero attached hydrogens (tertiary/aromatic N) is 2. The van der Waals surface area contributed by atoms with Gasteiger partial charge in [-0.2, -0.15) is 5.26 Å². The third kappa shape index (κ3) is 2.43. The quantitative estimate of drug-likeness (QED) is 0.930. The Balaban J connectivity index is 2.41. The number of benzene rings is 2. The molecule has 20 heavy (non-hydrogen) atoms. The highest BCUT2D eigenvalue weighted by Crippen LogP contribution is 2.29. The number of amides is 1. The van der Waals surface area contributed by atoms with Crippen molar-refractivity contribution in [1.29, 1.82) is 5.26 Å². The van der Waals surface area contributed by atoms with E-state index < -0.39 is 0 Å². The number of rotatable bonds is 3. The van der Waals surface area contributed by atoms with Gasteiger partial charge in [-0.3, -0.25) is 4.79 Å². The fourth-order valence-corrected chi connectivity index (χ4v) is 2.09. The van der Waals surface area contributed by atoms with Gasteiger partial charge in [0, 0.05) is 18.5 Å². The van der Waals surface area contributed by atoms with Crippen molar-refractivity contribution in [3.05, 3.63) is 42.0 Å². The minimum absolute atomic E-state index is 0.0101. The van der Waals surface area contributed by atoms with Crippen LogP contribution in [0.25, 0.3) is 10.8 Å². The standard InChI is InChI=1S/C16H16N2O2/c1-11(9-10-17)18(2)16(20)14-8-7-12-5-3-4-6-13(12)15(14)19/h3-8,11,19H,9H2,1-2H3. The topological polar surface area (TPSA) is 64.3 Å². The highest BCUT2D eigenvalue weighted by Gasteiger charge is 2.21. The maximum absolute atomic E-state index is 12.4. The van der Waals surface area contributed by atoms with Crippen molar-refractivity contribution < 1.29 is 9.90 Å². The summed E-state index contributed by atoms with van der Waals surface area (Å²) < 4.78 is 0. The molecule has 2 rings (SSSR count). The van der Waals surface area contributed by atoms with E-state index in [4.69, 9.17) is 5.26 Å². The van der Waals surface area contributed by atoms with Crippen molar-refractivity contribution in [2.45, 2.75) is 19.4 Å². The van der Waals surface area contributed by atoms with Crippen LogP contribution in [0.4, 0.5) is 0 Å². The van der Waals surface area contributed by atoms with Crippen LogP contribution < -0.4 is 0 Å². The lowest BCUT2D eigenvalue weighted by Gasteiger charge is -2.23. The largest absolute Gasteiger partial charge is 0.506 e. The molecule has 1 unspecified atom stereocenters. The predicted octanol–water partition coefficient (Wildman–Crippen LogP) is 2.92. The Bertz CT molecular complexity index is 688. The number of carbonyl (C=O) groups is 1. The van der Waals surface area contributed by atoms with E-state index in [9.17, 15) is 9.90 Å². The van der Waals surface area contributed by atoms with E-state index in [2.05, 4.69) is 0 Å². The van der Waals surface area contributed by atoms with E-state index in [1.165, 1.54) is 4.90 Å². The van der Waals surface area contributed by atoms with Crippen LogP contribution >= 0.6 is 0 Å². The van der Waals surface area contributed by atoms with Gasteiger partial charge >= 0.3 is 0 Å². The molecule has 1 amide bonds. The summed E-state index contributed by atoms with van der Waals surface area (Å²) in [5.41, 5.74) is 0.260. The number of aromatic hydroxyl groups is 1. The first-order valence-corrected chi connectivity index (χ1v) is 6.41. The summed E-state index contributed by atoms with van der Waals surface area (Å²) in [5.74, 6) is -0.292. The van der Waals surface area contributed by atoms with Gasteiger partial charge in [-0.25, -0.2) is 0 Å². The summed E-state index contributed by atoms with van der Waals surface area (Å²) in [4.78, 5) is 13.9. The third-order valence-electron chi connectivity index (χ3n) is 3.50. The second-order valence-corrected chi connectivity index (χ2v) is 4.81. The number of hydrogen-bond acceptors (Lipinski definition) is 3. The highest BCUT2D eigenvalue weighted by atomic mass is 16.3. The number of carbonyl (C=O) groups excluding carboxylic acids is 1. The Morgan fingerprint density at radius 3 is 2.75 bits per heavy atom. The molecule has 0 heterocycles. The normalized spacial score (nSPS) is 11.8. The minimum Gasteiger partial charge on any atom is -0.506 e. The van der Waals surface area contributed by atoms with Crippen molar-refractivity contribution in [1.82, 2.24) is 4.90 Å². The van der Waals surface area contributed by atoms with E-state index in [1.54, 1.807) is 26.1 Å². The first kappa shape index (κ1) is 13.9. The summed E-state index contributed by atoms with van der Waals surface area (Å²) in [5, 5.41) is 20.5. The van der Waals surface area contributed by atoms with Gasteiger partial charge in [-0.1, -0.05) is 30.3 Å². The first-order chi connectivity index (χ1) is 9.56. The Morgan fingerprint density at radius 1 is 1.35 bits per heavy atom. The molecular weight excluding hydrogens is 252 g/mol. The van der Waals surface area contributed by atoms with Crippen LogP contribution in [-0.4, -0.2) is 29.0 Å². The van der Waals surface area contributed by atoms with Gasteiger partial charge in [0.05, 0.1) is 18.1 Å². The van der Waals surface area contributed by atoms with Gasteiger partial charge in [-0.15, -0.1) is 0 Å². The van der Waals surface area contributed by atoms with E-state index in [1.807, 2.05) is 30.3 Å². The number of phenolic OH excluding ortho intramolecular Hbond substituents is 1. The minimum atomic E-state index is -0.281. The van der Waals surface area contributed by atoms with E-state index in [0.29, 0.717) is 5.39 Å². The van der Waals surface area contributed by atoms with Gasteiger partial charge in [0.2, 0.25) is 0 Å². The zero-order valence-electron chi connectivity index (χ0n) is 11.5. The molecule has 1 atom stereocenters. The van der Waals surface area contributed by atoms with Crippen LogP contribution in [-0.2, 0) is 0 Å². The van der Waals surface area contributed by atoms with Gasteiger partial charge < -0.3 is 10.0 Å². The summed E-state index contributed by atoms with van der Waals surface area (Å²) in [6, 6.07) is 12.6. The first-order valence-electron chi connectivity index (χ1n) is 6.41. The molecule has 102 valence electrons. The van der Waals surface area contributed by atoms with Gasteiger partial charge in [0.1, 0.15) is 5.75 Å². The Morgan fingerprint density at radius 2 is 2.05 bits per heavy atom. The molecule has 0 saturated heterocycles. The molecule has 4 heteroatoms. The lowest BCUT2D eigenvalue weighted by molar-refractivity contribution is 0.0743. The lowest BCUT2D eigenvalue weighted by atomic mass is 10.0. The third-order valence-corrected chi connectivity index (χ3v) is 3.50. The average molecular weight is 268 g/mol. The maximum atomic E-state index is 12.4. The van der Waals surface area contributed by atoms with Gasteiger partial charge in [0.25, 0.3) is 5.91 Å². The fraction of sp³-hybridized carbons (Fsp3) is 0.250. The molecule has 0 spiro atoms. The molecular formula is C16H16N2O2. The predicted molar refractivity (Wildman–Crippen MR) is 77.4 cm³/mol. The molecule has 0 radical (unpaired) electrons. The summed E-state index contributed by atoms with van der Waals surface area (Å²) in [7, 11) is 1.64. The van der Waals surface area contributed by atoms with Crippen molar-refractivity contribution >= 4 is 16.7 Å². The molecule has 1 N–H and O–H groups in total.